The molecule has 0 aromatic carbocycles. The number of carbonyl (C=O) groups is 2. The number of amides is 1. The van der Waals surface area contributed by atoms with Crippen molar-refractivity contribution in [2.24, 2.45) is 0 Å². The highest BCUT2D eigenvalue weighted by Crippen LogP contribution is 2.09. The Hall–Kier alpha value is -0.860. The number of carbonyl (C=O) groups excluding carboxylic acids is 2. The van der Waals surface area contributed by atoms with Crippen LogP contribution >= 0.6 is 0 Å². The van der Waals surface area contributed by atoms with Crippen LogP contribution in [0.3, 0.4) is 0 Å². The number of rotatable bonds is 1. The molecular weight excluding hydrogens is 154 g/mol. The quantitative estimate of drug-likeness (QED) is 0.549. The zero-order chi connectivity index (χ0) is 8.97. The molecule has 0 bridgehead atoms. The Bertz CT molecular complexity index is 181. The Labute approximate surface area is 72.7 Å². The predicted octanol–water partition coefficient (Wildman–Crippen LogP) is 0.978. The molecule has 1 heterocycles. The lowest BCUT2D eigenvalue weighted by Crippen LogP contribution is -2.35. The second-order valence-electron chi connectivity index (χ2n) is 3.26. The smallest absolute Gasteiger partial charge is 0.289 e. The molecular formula is C9H15NO2. The van der Waals surface area contributed by atoms with Crippen molar-refractivity contribution in [2.75, 3.05) is 13.1 Å². The molecule has 0 atom stereocenters. The molecule has 0 aliphatic carbocycles. The fourth-order valence-electron chi connectivity index (χ4n) is 1.50. The highest BCUT2D eigenvalue weighted by atomic mass is 16.2. The molecule has 0 aromatic rings. The normalized spacial score (nSPS) is 18.6. The van der Waals surface area contributed by atoms with Gasteiger partial charge in [-0.05, 0) is 12.8 Å². The van der Waals surface area contributed by atoms with Gasteiger partial charge in [-0.2, -0.15) is 0 Å². The third kappa shape index (κ3) is 2.32. The van der Waals surface area contributed by atoms with E-state index in [1.807, 2.05) is 0 Å². The van der Waals surface area contributed by atoms with Gasteiger partial charge in [-0.15, -0.1) is 0 Å². The third-order valence-electron chi connectivity index (χ3n) is 2.19. The molecule has 1 rings (SSSR count). The van der Waals surface area contributed by atoms with E-state index in [-0.39, 0.29) is 11.7 Å². The molecule has 0 spiro atoms. The largest absolute Gasteiger partial charge is 0.336 e. The van der Waals surface area contributed by atoms with Crippen LogP contribution < -0.4 is 0 Å². The lowest BCUT2D eigenvalue weighted by Gasteiger charge is -2.17. The summed E-state index contributed by atoms with van der Waals surface area (Å²) in [6, 6.07) is 0. The maximum Gasteiger partial charge on any atom is 0.289 e. The summed E-state index contributed by atoms with van der Waals surface area (Å²) < 4.78 is 0. The van der Waals surface area contributed by atoms with Gasteiger partial charge in [0, 0.05) is 20.0 Å². The average molecular weight is 169 g/mol. The number of hydrogen-bond acceptors (Lipinski definition) is 2. The zero-order valence-electron chi connectivity index (χ0n) is 7.51. The van der Waals surface area contributed by atoms with Gasteiger partial charge in [-0.1, -0.05) is 12.8 Å². The summed E-state index contributed by atoms with van der Waals surface area (Å²) in [5.41, 5.74) is 0. The molecule has 3 nitrogen and oxygen atoms in total. The van der Waals surface area contributed by atoms with E-state index in [4.69, 9.17) is 0 Å². The van der Waals surface area contributed by atoms with Gasteiger partial charge in [-0.25, -0.2) is 0 Å². The van der Waals surface area contributed by atoms with Gasteiger partial charge >= 0.3 is 0 Å². The molecule has 68 valence electrons. The Morgan fingerprint density at radius 3 is 1.92 bits per heavy atom. The molecule has 12 heavy (non-hydrogen) atoms. The SMILES string of the molecule is CC(=O)C(=O)N1CCCCCC1. The van der Waals surface area contributed by atoms with E-state index in [1.54, 1.807) is 4.90 Å². The van der Waals surface area contributed by atoms with Crippen LogP contribution in [-0.4, -0.2) is 29.7 Å². The first-order valence-electron chi connectivity index (χ1n) is 4.51. The summed E-state index contributed by atoms with van der Waals surface area (Å²) in [4.78, 5) is 23.7. The van der Waals surface area contributed by atoms with E-state index in [2.05, 4.69) is 0 Å². The highest BCUT2D eigenvalue weighted by molar-refractivity contribution is 6.35. The molecule has 0 unspecified atom stereocenters. The first kappa shape index (κ1) is 9.23. The van der Waals surface area contributed by atoms with Gasteiger partial charge < -0.3 is 4.90 Å². The summed E-state index contributed by atoms with van der Waals surface area (Å²) in [6.45, 7) is 2.87. The maximum absolute atomic E-state index is 11.2. The minimum atomic E-state index is -0.336. The molecule has 0 aromatic heterocycles. The number of likely N-dealkylation sites (tertiary alicyclic amines) is 1. The summed E-state index contributed by atoms with van der Waals surface area (Å²) in [6.07, 6.45) is 4.45. The van der Waals surface area contributed by atoms with E-state index in [0.29, 0.717) is 0 Å². The van der Waals surface area contributed by atoms with E-state index in [9.17, 15) is 9.59 Å². The second kappa shape index (κ2) is 4.24. The number of ketones is 1. The second-order valence-corrected chi connectivity index (χ2v) is 3.26. The molecule has 0 radical (unpaired) electrons. The first-order chi connectivity index (χ1) is 5.72. The molecule has 1 saturated heterocycles. The number of hydrogen-bond donors (Lipinski definition) is 0. The van der Waals surface area contributed by atoms with Crippen LogP contribution in [0.2, 0.25) is 0 Å². The Morgan fingerprint density at radius 2 is 1.50 bits per heavy atom. The fourth-order valence-corrected chi connectivity index (χ4v) is 1.50. The lowest BCUT2D eigenvalue weighted by molar-refractivity contribution is -0.143. The van der Waals surface area contributed by atoms with Crippen molar-refractivity contribution in [1.29, 1.82) is 0 Å². The summed E-state index contributed by atoms with van der Waals surface area (Å²) in [5, 5.41) is 0. The highest BCUT2D eigenvalue weighted by Gasteiger charge is 2.18. The summed E-state index contributed by atoms with van der Waals surface area (Å²) in [7, 11) is 0. The molecule has 1 amide bonds. The van der Waals surface area contributed by atoms with Crippen LogP contribution in [0.15, 0.2) is 0 Å². The van der Waals surface area contributed by atoms with Crippen LogP contribution in [0.25, 0.3) is 0 Å². The number of Topliss-reactive ketones (excluding diaryl/α,β-unsaturated/α-hetero) is 1. The van der Waals surface area contributed by atoms with Crippen molar-refractivity contribution < 1.29 is 9.59 Å². The van der Waals surface area contributed by atoms with Crippen molar-refractivity contribution in [3.05, 3.63) is 0 Å². The first-order valence-corrected chi connectivity index (χ1v) is 4.51. The van der Waals surface area contributed by atoms with Crippen LogP contribution in [0, 0.1) is 0 Å². The van der Waals surface area contributed by atoms with E-state index < -0.39 is 0 Å². The van der Waals surface area contributed by atoms with E-state index in [1.165, 1.54) is 19.8 Å². The molecule has 1 aliphatic heterocycles. The predicted molar refractivity (Wildman–Crippen MR) is 45.7 cm³/mol. The summed E-state index contributed by atoms with van der Waals surface area (Å²) >= 11 is 0. The average Bonchev–Trinajstić information content (AvgIpc) is 2.30. The third-order valence-corrected chi connectivity index (χ3v) is 2.19. The van der Waals surface area contributed by atoms with Crippen LogP contribution in [0.4, 0.5) is 0 Å². The lowest BCUT2D eigenvalue weighted by atomic mass is 10.2. The molecule has 1 aliphatic rings. The minimum absolute atomic E-state index is 0.308. The van der Waals surface area contributed by atoms with Crippen molar-refractivity contribution in [3.63, 3.8) is 0 Å². The van der Waals surface area contributed by atoms with Crippen molar-refractivity contribution in [2.45, 2.75) is 32.6 Å². The van der Waals surface area contributed by atoms with Crippen molar-refractivity contribution >= 4 is 11.7 Å². The van der Waals surface area contributed by atoms with E-state index in [0.717, 1.165) is 25.9 Å². The van der Waals surface area contributed by atoms with Crippen molar-refractivity contribution in [3.8, 4) is 0 Å². The van der Waals surface area contributed by atoms with Gasteiger partial charge in [0.25, 0.3) is 5.91 Å². The molecule has 0 saturated carbocycles. The van der Waals surface area contributed by atoms with Gasteiger partial charge in [0.05, 0.1) is 0 Å². The number of nitrogens with zero attached hydrogens (tertiary/aromatic N) is 1. The molecule has 3 heteroatoms. The Morgan fingerprint density at radius 1 is 1.00 bits per heavy atom. The zero-order valence-corrected chi connectivity index (χ0v) is 7.51. The van der Waals surface area contributed by atoms with E-state index >= 15 is 0 Å². The Balaban J connectivity index is 2.48. The van der Waals surface area contributed by atoms with Crippen molar-refractivity contribution in [1.82, 2.24) is 4.90 Å². The topological polar surface area (TPSA) is 37.4 Å². The minimum Gasteiger partial charge on any atom is -0.336 e. The summed E-state index contributed by atoms with van der Waals surface area (Å²) in [5.74, 6) is -0.645. The van der Waals surface area contributed by atoms with Gasteiger partial charge in [0.15, 0.2) is 0 Å². The van der Waals surface area contributed by atoms with Gasteiger partial charge in [0.1, 0.15) is 0 Å². The van der Waals surface area contributed by atoms with Gasteiger partial charge in [0.2, 0.25) is 5.78 Å². The monoisotopic (exact) mass is 169 g/mol. The molecule has 0 N–H and O–H groups in total. The Kier molecular flexibility index (Phi) is 3.26. The van der Waals surface area contributed by atoms with Gasteiger partial charge in [-0.3, -0.25) is 9.59 Å². The fraction of sp³-hybridized carbons (Fsp3) is 0.778. The van der Waals surface area contributed by atoms with Crippen LogP contribution in [-0.2, 0) is 9.59 Å². The van der Waals surface area contributed by atoms with Crippen LogP contribution in [0.1, 0.15) is 32.6 Å². The maximum atomic E-state index is 11.2. The standard InChI is InChI=1S/C9H15NO2/c1-8(11)9(12)10-6-4-2-3-5-7-10/h2-7H2,1H3. The van der Waals surface area contributed by atoms with Crippen LogP contribution in [0.5, 0.6) is 0 Å². The molecule has 1 fully saturated rings.